The van der Waals surface area contributed by atoms with Crippen LogP contribution in [0.25, 0.3) is 0 Å². The lowest BCUT2D eigenvalue weighted by atomic mass is 9.72. The highest BCUT2D eigenvalue weighted by Gasteiger charge is 2.29. The highest BCUT2D eigenvalue weighted by Crippen LogP contribution is 2.41. The molecule has 0 atom stereocenters. The lowest BCUT2D eigenvalue weighted by Crippen LogP contribution is -2.25. The summed E-state index contributed by atoms with van der Waals surface area (Å²) in [4.78, 5) is 0. The Labute approximate surface area is 116 Å². The standard InChI is InChI=1S/C16H26O3/c1-15(2,3)11-16(4,5)13-10-12(19-9-8-17)6-7-14(13)18/h6-7,10,17-18H,8-9,11H2,1-5H3. The minimum absolute atomic E-state index is 0.0123. The van der Waals surface area contributed by atoms with E-state index >= 15 is 0 Å². The predicted molar refractivity (Wildman–Crippen MR) is 77.8 cm³/mol. The van der Waals surface area contributed by atoms with Crippen LogP contribution in [0.5, 0.6) is 11.5 Å². The zero-order chi connectivity index (χ0) is 14.7. The van der Waals surface area contributed by atoms with Gasteiger partial charge in [0, 0.05) is 5.56 Å². The fraction of sp³-hybridized carbons (Fsp3) is 0.625. The van der Waals surface area contributed by atoms with Crippen molar-refractivity contribution in [3.05, 3.63) is 23.8 Å². The van der Waals surface area contributed by atoms with Gasteiger partial charge in [-0.1, -0.05) is 34.6 Å². The normalized spacial score (nSPS) is 12.5. The average molecular weight is 266 g/mol. The number of hydrogen-bond acceptors (Lipinski definition) is 3. The van der Waals surface area contributed by atoms with Gasteiger partial charge in [-0.3, -0.25) is 0 Å². The summed E-state index contributed by atoms with van der Waals surface area (Å²) in [5.41, 5.74) is 0.927. The maximum Gasteiger partial charge on any atom is 0.119 e. The van der Waals surface area contributed by atoms with E-state index in [-0.39, 0.29) is 24.0 Å². The van der Waals surface area contributed by atoms with Crippen molar-refractivity contribution in [3.63, 3.8) is 0 Å². The number of phenols is 1. The van der Waals surface area contributed by atoms with Gasteiger partial charge in [-0.2, -0.15) is 0 Å². The zero-order valence-corrected chi connectivity index (χ0v) is 12.7. The van der Waals surface area contributed by atoms with Crippen LogP contribution < -0.4 is 4.74 Å². The Kier molecular flexibility index (Phi) is 4.86. The molecule has 108 valence electrons. The molecule has 0 aliphatic carbocycles. The number of rotatable bonds is 5. The van der Waals surface area contributed by atoms with Crippen LogP contribution in [0.3, 0.4) is 0 Å². The minimum atomic E-state index is -0.138. The Balaban J connectivity index is 3.03. The van der Waals surface area contributed by atoms with Gasteiger partial charge >= 0.3 is 0 Å². The third-order valence-corrected chi connectivity index (χ3v) is 3.03. The molecule has 0 saturated carbocycles. The summed E-state index contributed by atoms with van der Waals surface area (Å²) in [6, 6.07) is 5.25. The molecular weight excluding hydrogens is 240 g/mol. The van der Waals surface area contributed by atoms with E-state index in [9.17, 15) is 5.11 Å². The summed E-state index contributed by atoms with van der Waals surface area (Å²) < 4.78 is 5.41. The van der Waals surface area contributed by atoms with Gasteiger partial charge in [-0.15, -0.1) is 0 Å². The molecule has 0 aliphatic heterocycles. The van der Waals surface area contributed by atoms with Crippen molar-refractivity contribution >= 4 is 0 Å². The average Bonchev–Trinajstić information content (AvgIpc) is 2.24. The molecular formula is C16H26O3. The van der Waals surface area contributed by atoms with Crippen LogP contribution in [0.4, 0.5) is 0 Å². The Morgan fingerprint density at radius 1 is 1.11 bits per heavy atom. The fourth-order valence-corrected chi connectivity index (χ4v) is 2.73. The summed E-state index contributed by atoms with van der Waals surface area (Å²) in [7, 11) is 0. The molecule has 0 amide bonds. The third kappa shape index (κ3) is 4.75. The number of aliphatic hydroxyl groups excluding tert-OH is 1. The van der Waals surface area contributed by atoms with E-state index in [0.717, 1.165) is 12.0 Å². The van der Waals surface area contributed by atoms with Crippen molar-refractivity contribution in [1.82, 2.24) is 0 Å². The minimum Gasteiger partial charge on any atom is -0.508 e. The van der Waals surface area contributed by atoms with Crippen molar-refractivity contribution in [2.24, 2.45) is 5.41 Å². The molecule has 1 aromatic carbocycles. The molecule has 0 spiro atoms. The van der Waals surface area contributed by atoms with Gasteiger partial charge in [0.2, 0.25) is 0 Å². The number of ether oxygens (including phenoxy) is 1. The van der Waals surface area contributed by atoms with E-state index in [0.29, 0.717) is 11.5 Å². The molecule has 19 heavy (non-hydrogen) atoms. The van der Waals surface area contributed by atoms with E-state index in [1.54, 1.807) is 12.1 Å². The van der Waals surface area contributed by atoms with Gasteiger partial charge in [0.25, 0.3) is 0 Å². The number of hydrogen-bond donors (Lipinski definition) is 2. The van der Waals surface area contributed by atoms with Crippen molar-refractivity contribution in [2.75, 3.05) is 13.2 Å². The smallest absolute Gasteiger partial charge is 0.119 e. The molecule has 0 fully saturated rings. The van der Waals surface area contributed by atoms with Gasteiger partial charge in [0.1, 0.15) is 18.1 Å². The molecule has 0 saturated heterocycles. The van der Waals surface area contributed by atoms with Crippen LogP contribution in [0.1, 0.15) is 46.6 Å². The Morgan fingerprint density at radius 2 is 1.74 bits per heavy atom. The van der Waals surface area contributed by atoms with Crippen molar-refractivity contribution in [1.29, 1.82) is 0 Å². The molecule has 0 radical (unpaired) electrons. The van der Waals surface area contributed by atoms with Crippen LogP contribution in [0.2, 0.25) is 0 Å². The van der Waals surface area contributed by atoms with Crippen LogP contribution in [-0.4, -0.2) is 23.4 Å². The van der Waals surface area contributed by atoms with Gasteiger partial charge in [0.05, 0.1) is 6.61 Å². The van der Waals surface area contributed by atoms with Gasteiger partial charge < -0.3 is 14.9 Å². The second kappa shape index (κ2) is 5.83. The first-order valence-electron chi connectivity index (χ1n) is 6.73. The van der Waals surface area contributed by atoms with Crippen molar-refractivity contribution in [2.45, 2.75) is 46.5 Å². The van der Waals surface area contributed by atoms with Crippen LogP contribution >= 0.6 is 0 Å². The Hall–Kier alpha value is -1.22. The molecule has 0 heterocycles. The highest BCUT2D eigenvalue weighted by atomic mass is 16.5. The molecule has 0 aliphatic rings. The zero-order valence-electron chi connectivity index (χ0n) is 12.7. The Bertz CT molecular complexity index is 416. The van der Waals surface area contributed by atoms with Crippen molar-refractivity contribution < 1.29 is 14.9 Å². The SMILES string of the molecule is CC(C)(C)CC(C)(C)c1cc(OCCO)ccc1O. The predicted octanol–water partition coefficient (Wildman–Crippen LogP) is 3.48. The Morgan fingerprint density at radius 3 is 2.26 bits per heavy atom. The topological polar surface area (TPSA) is 49.7 Å². The van der Waals surface area contributed by atoms with E-state index in [4.69, 9.17) is 9.84 Å². The van der Waals surface area contributed by atoms with Gasteiger partial charge in [0.15, 0.2) is 0 Å². The lowest BCUT2D eigenvalue weighted by Gasteiger charge is -2.33. The van der Waals surface area contributed by atoms with E-state index in [1.165, 1.54) is 0 Å². The highest BCUT2D eigenvalue weighted by molar-refractivity contribution is 5.43. The molecule has 1 rings (SSSR count). The van der Waals surface area contributed by atoms with Crippen molar-refractivity contribution in [3.8, 4) is 11.5 Å². The molecule has 2 N–H and O–H groups in total. The maximum atomic E-state index is 10.1. The van der Waals surface area contributed by atoms with Gasteiger partial charge in [-0.05, 0) is 35.4 Å². The third-order valence-electron chi connectivity index (χ3n) is 3.03. The molecule has 0 bridgehead atoms. The number of benzene rings is 1. The first kappa shape index (κ1) is 15.8. The summed E-state index contributed by atoms with van der Waals surface area (Å²) in [5.74, 6) is 0.981. The van der Waals surface area contributed by atoms with Crippen LogP contribution in [0.15, 0.2) is 18.2 Å². The van der Waals surface area contributed by atoms with E-state index < -0.39 is 0 Å². The quantitative estimate of drug-likeness (QED) is 0.858. The second-order valence-electron chi connectivity index (χ2n) is 6.87. The summed E-state index contributed by atoms with van der Waals surface area (Å²) in [5, 5.41) is 18.9. The molecule has 3 nitrogen and oxygen atoms in total. The van der Waals surface area contributed by atoms with E-state index in [2.05, 4.69) is 34.6 Å². The first-order valence-corrected chi connectivity index (χ1v) is 6.73. The van der Waals surface area contributed by atoms with Gasteiger partial charge in [-0.25, -0.2) is 0 Å². The maximum absolute atomic E-state index is 10.1. The lowest BCUT2D eigenvalue weighted by molar-refractivity contribution is 0.200. The summed E-state index contributed by atoms with van der Waals surface area (Å²) in [6.07, 6.45) is 0.955. The molecule has 1 aromatic rings. The summed E-state index contributed by atoms with van der Waals surface area (Å²) in [6.45, 7) is 11.1. The van der Waals surface area contributed by atoms with Crippen LogP contribution in [-0.2, 0) is 5.41 Å². The summed E-state index contributed by atoms with van der Waals surface area (Å²) >= 11 is 0. The molecule has 0 unspecified atom stereocenters. The molecule has 0 aromatic heterocycles. The van der Waals surface area contributed by atoms with E-state index in [1.807, 2.05) is 6.07 Å². The monoisotopic (exact) mass is 266 g/mol. The number of aliphatic hydroxyl groups is 1. The fourth-order valence-electron chi connectivity index (χ4n) is 2.73. The number of phenolic OH excluding ortho intramolecular Hbond substituents is 1. The second-order valence-corrected chi connectivity index (χ2v) is 6.87. The first-order chi connectivity index (χ1) is 8.65. The molecule has 3 heteroatoms. The number of aromatic hydroxyl groups is 1. The largest absolute Gasteiger partial charge is 0.508 e. The van der Waals surface area contributed by atoms with Crippen LogP contribution in [0, 0.1) is 5.41 Å².